The Morgan fingerprint density at radius 3 is 2.69 bits per heavy atom. The fourth-order valence-electron chi connectivity index (χ4n) is 3.53. The number of methoxy groups -OCH3 is 1. The van der Waals surface area contributed by atoms with E-state index in [9.17, 15) is 9.90 Å². The van der Waals surface area contributed by atoms with Gasteiger partial charge in [-0.2, -0.15) is 0 Å². The highest BCUT2D eigenvalue weighted by Gasteiger charge is 2.29. The van der Waals surface area contributed by atoms with Gasteiger partial charge < -0.3 is 24.3 Å². The minimum Gasteiger partial charge on any atom is -0.494 e. The molecule has 0 saturated carbocycles. The summed E-state index contributed by atoms with van der Waals surface area (Å²) in [6.07, 6.45) is 0.528. The average molecular weight is 423 g/mol. The van der Waals surface area contributed by atoms with Crippen molar-refractivity contribution in [2.24, 2.45) is 0 Å². The van der Waals surface area contributed by atoms with Gasteiger partial charge in [0, 0.05) is 26.2 Å². The first-order valence-electron chi connectivity index (χ1n) is 9.72. The molecule has 1 amide bonds. The minimum absolute atomic E-state index is 0.452. The predicted octanol–water partition coefficient (Wildman–Crippen LogP) is 2.45. The third-order valence-electron chi connectivity index (χ3n) is 5.28. The van der Waals surface area contributed by atoms with Gasteiger partial charge in [-0.3, -0.25) is 5.32 Å². The molecule has 1 aromatic carbocycles. The smallest absolute Gasteiger partial charge is 0.432 e. The first kappa shape index (κ1) is 20.1. The van der Waals surface area contributed by atoms with Crippen LogP contribution in [0.5, 0.6) is 5.75 Å². The number of fused-ring (bicyclic) bond motifs is 1. The lowest BCUT2D eigenvalue weighted by Crippen LogP contribution is -2.43. The molecule has 1 aromatic heterocycles. The molecule has 0 radical (unpaired) electrons. The Hall–Kier alpha value is -2.14. The second kappa shape index (κ2) is 8.31. The number of hydrogen-bond acceptors (Lipinski definition) is 9. The molecule has 0 atom stereocenters. The third kappa shape index (κ3) is 4.55. The number of carbonyl (C=O) groups excluding carboxylic acids is 1. The number of ether oxygens (including phenoxy) is 2. The minimum atomic E-state index is -0.699. The molecule has 29 heavy (non-hydrogen) atoms. The maximum atomic E-state index is 12.3. The van der Waals surface area contributed by atoms with E-state index in [4.69, 9.17) is 14.3 Å². The number of thiazole rings is 1. The number of aliphatic hydroxyl groups is 1. The van der Waals surface area contributed by atoms with Gasteiger partial charge in [0.25, 0.3) is 0 Å². The molecule has 4 rings (SSSR count). The maximum absolute atomic E-state index is 12.3. The number of hydrogen-bond donors (Lipinski definition) is 2. The van der Waals surface area contributed by atoms with Crippen LogP contribution >= 0.6 is 11.3 Å². The number of amides is 1. The quantitative estimate of drug-likeness (QED) is 0.776. The van der Waals surface area contributed by atoms with Crippen LogP contribution in [0.25, 0.3) is 10.2 Å². The molecule has 10 heteroatoms. The number of nitrogens with zero attached hydrogens (tertiary/aromatic N) is 3. The van der Waals surface area contributed by atoms with Crippen LogP contribution in [0.15, 0.2) is 12.1 Å². The van der Waals surface area contributed by atoms with Crippen LogP contribution in [0.4, 0.5) is 15.6 Å². The van der Waals surface area contributed by atoms with E-state index in [1.165, 1.54) is 11.3 Å². The normalized spacial score (nSPS) is 19.9. The summed E-state index contributed by atoms with van der Waals surface area (Å²) in [5.41, 5.74) is 1.07. The summed E-state index contributed by atoms with van der Waals surface area (Å²) in [5.74, 6) is 0.660. The lowest BCUT2D eigenvalue weighted by atomic mass is 9.95. The van der Waals surface area contributed by atoms with Gasteiger partial charge in [-0.05, 0) is 31.9 Å². The summed E-state index contributed by atoms with van der Waals surface area (Å²) < 4.78 is 11.9. The van der Waals surface area contributed by atoms with Gasteiger partial charge in [-0.25, -0.2) is 9.78 Å². The Bertz CT molecular complexity index is 871. The topological polar surface area (TPSA) is 96.4 Å². The highest BCUT2D eigenvalue weighted by atomic mass is 32.1. The molecule has 2 aliphatic rings. The second-order valence-electron chi connectivity index (χ2n) is 7.51. The molecule has 2 saturated heterocycles. The van der Waals surface area contributed by atoms with Crippen molar-refractivity contribution in [3.05, 3.63) is 12.1 Å². The van der Waals surface area contributed by atoms with Crippen LogP contribution in [0.3, 0.4) is 0 Å². The van der Waals surface area contributed by atoms with Gasteiger partial charge in [-0.15, -0.1) is 5.06 Å². The van der Waals surface area contributed by atoms with E-state index >= 15 is 0 Å². The monoisotopic (exact) mass is 422 g/mol. The van der Waals surface area contributed by atoms with Gasteiger partial charge in [0.15, 0.2) is 5.13 Å². The first-order valence-corrected chi connectivity index (χ1v) is 10.5. The van der Waals surface area contributed by atoms with Crippen molar-refractivity contribution in [3.63, 3.8) is 0 Å². The zero-order chi connectivity index (χ0) is 20.4. The molecule has 2 aromatic rings. The molecule has 3 heterocycles. The second-order valence-corrected chi connectivity index (χ2v) is 8.51. The molecular formula is C19H26N4O5S. The number of anilines is 2. The number of morpholine rings is 1. The van der Waals surface area contributed by atoms with Gasteiger partial charge in [-0.1, -0.05) is 11.3 Å². The summed E-state index contributed by atoms with van der Waals surface area (Å²) in [7, 11) is 1.61. The molecule has 0 unspecified atom stereocenters. The summed E-state index contributed by atoms with van der Waals surface area (Å²) >= 11 is 1.39. The number of aromatic nitrogens is 1. The van der Waals surface area contributed by atoms with Crippen LogP contribution in [0.1, 0.15) is 19.8 Å². The zero-order valence-corrected chi connectivity index (χ0v) is 17.5. The van der Waals surface area contributed by atoms with Crippen molar-refractivity contribution in [3.8, 4) is 5.75 Å². The molecule has 2 fully saturated rings. The number of rotatable bonds is 4. The summed E-state index contributed by atoms with van der Waals surface area (Å²) in [6.45, 7) is 5.78. The van der Waals surface area contributed by atoms with E-state index in [1.54, 1.807) is 19.1 Å². The van der Waals surface area contributed by atoms with E-state index in [0.717, 1.165) is 23.5 Å². The van der Waals surface area contributed by atoms with Gasteiger partial charge in [0.2, 0.25) is 0 Å². The molecule has 0 spiro atoms. The Kier molecular flexibility index (Phi) is 5.77. The van der Waals surface area contributed by atoms with E-state index in [-0.39, 0.29) is 0 Å². The van der Waals surface area contributed by atoms with Gasteiger partial charge in [0.05, 0.1) is 36.3 Å². The van der Waals surface area contributed by atoms with Crippen LogP contribution in [0, 0.1) is 0 Å². The zero-order valence-electron chi connectivity index (χ0n) is 16.6. The molecule has 0 bridgehead atoms. The number of piperidine rings is 1. The van der Waals surface area contributed by atoms with E-state index in [2.05, 4.69) is 15.2 Å². The number of benzene rings is 1. The molecule has 0 aliphatic carbocycles. The largest absolute Gasteiger partial charge is 0.494 e. The molecule has 9 nitrogen and oxygen atoms in total. The van der Waals surface area contributed by atoms with E-state index < -0.39 is 11.7 Å². The molecule has 158 valence electrons. The Labute approximate surface area is 173 Å². The van der Waals surface area contributed by atoms with E-state index in [0.29, 0.717) is 55.5 Å². The fourth-order valence-corrected chi connectivity index (χ4v) is 4.54. The van der Waals surface area contributed by atoms with Crippen molar-refractivity contribution >= 4 is 38.5 Å². The predicted molar refractivity (Wildman–Crippen MR) is 111 cm³/mol. The van der Waals surface area contributed by atoms with Crippen molar-refractivity contribution in [2.75, 3.05) is 56.7 Å². The Balaban J connectivity index is 1.49. The molecular weight excluding hydrogens is 396 g/mol. The highest BCUT2D eigenvalue weighted by molar-refractivity contribution is 7.23. The SMILES string of the molecule is COc1ccc(N2CCOCC2)c2sc(NC(=O)ON3CCC(C)(O)CC3)nc12. The Morgan fingerprint density at radius 1 is 1.28 bits per heavy atom. The van der Waals surface area contributed by atoms with Crippen molar-refractivity contribution in [1.29, 1.82) is 0 Å². The first-order chi connectivity index (χ1) is 13.9. The van der Waals surface area contributed by atoms with Crippen LogP contribution in [-0.4, -0.2) is 73.4 Å². The van der Waals surface area contributed by atoms with E-state index in [1.807, 2.05) is 12.1 Å². The summed E-state index contributed by atoms with van der Waals surface area (Å²) in [5, 5.41) is 14.8. The average Bonchev–Trinajstić information content (AvgIpc) is 3.13. The van der Waals surface area contributed by atoms with Crippen molar-refractivity contribution in [2.45, 2.75) is 25.4 Å². The van der Waals surface area contributed by atoms with Crippen molar-refractivity contribution < 1.29 is 24.2 Å². The lowest BCUT2D eigenvalue weighted by Gasteiger charge is -2.34. The number of nitrogens with one attached hydrogen (secondary N) is 1. The molecule has 2 aliphatic heterocycles. The van der Waals surface area contributed by atoms with Gasteiger partial charge in [0.1, 0.15) is 11.3 Å². The molecule has 2 N–H and O–H groups in total. The summed E-state index contributed by atoms with van der Waals surface area (Å²) in [6, 6.07) is 3.92. The van der Waals surface area contributed by atoms with Crippen LogP contribution in [0.2, 0.25) is 0 Å². The standard InChI is InChI=1S/C19H26N4O5S/c1-19(25)5-7-23(8-6-19)28-18(24)21-17-20-15-14(26-2)4-3-13(16(15)29-17)22-9-11-27-12-10-22/h3-4,25H,5-12H2,1-2H3,(H,20,21,24). The maximum Gasteiger partial charge on any atom is 0.432 e. The van der Waals surface area contributed by atoms with Gasteiger partial charge >= 0.3 is 6.09 Å². The van der Waals surface area contributed by atoms with Crippen LogP contribution in [-0.2, 0) is 9.57 Å². The highest BCUT2D eigenvalue weighted by Crippen LogP contribution is 2.39. The number of hydroxylamine groups is 2. The fraction of sp³-hybridized carbons (Fsp3) is 0.579. The van der Waals surface area contributed by atoms with Crippen molar-refractivity contribution in [1.82, 2.24) is 10.0 Å². The number of carbonyl (C=O) groups is 1. The Morgan fingerprint density at radius 2 is 2.00 bits per heavy atom. The lowest BCUT2D eigenvalue weighted by molar-refractivity contribution is -0.141. The van der Waals surface area contributed by atoms with Crippen LogP contribution < -0.4 is 15.0 Å². The summed E-state index contributed by atoms with van der Waals surface area (Å²) in [4.78, 5) is 24.5. The third-order valence-corrected chi connectivity index (χ3v) is 6.27.